The second-order valence-electron chi connectivity index (χ2n) is 7.11. The zero-order valence-corrected chi connectivity index (χ0v) is 21.2. The number of carbonyl (C=O) groups excluding carboxylic acids is 2. The first-order valence-corrected chi connectivity index (χ1v) is 12.2. The summed E-state index contributed by atoms with van der Waals surface area (Å²) in [5.41, 5.74) is 2.14. The SMILES string of the molecule is COc1cc(C=C2SC(=S)N(c3cccc(Br)c3)C2=O)ccc1OCC(=O)Nc1ccccc1. The van der Waals surface area contributed by atoms with Crippen LogP contribution >= 0.6 is 39.9 Å². The van der Waals surface area contributed by atoms with Gasteiger partial charge in [0.1, 0.15) is 0 Å². The Hall–Kier alpha value is -3.14. The van der Waals surface area contributed by atoms with E-state index in [9.17, 15) is 9.59 Å². The highest BCUT2D eigenvalue weighted by atomic mass is 79.9. The maximum atomic E-state index is 13.0. The van der Waals surface area contributed by atoms with Crippen LogP contribution in [0.4, 0.5) is 11.4 Å². The highest BCUT2D eigenvalue weighted by molar-refractivity contribution is 9.10. The van der Waals surface area contributed by atoms with Crippen LogP contribution in [0.3, 0.4) is 0 Å². The summed E-state index contributed by atoms with van der Waals surface area (Å²) in [6.45, 7) is -0.171. The zero-order chi connectivity index (χ0) is 24.1. The predicted molar refractivity (Wildman–Crippen MR) is 143 cm³/mol. The smallest absolute Gasteiger partial charge is 0.270 e. The number of nitrogens with one attached hydrogen (secondary N) is 1. The van der Waals surface area contributed by atoms with Gasteiger partial charge < -0.3 is 14.8 Å². The summed E-state index contributed by atoms with van der Waals surface area (Å²) < 4.78 is 12.4. The molecule has 0 aromatic heterocycles. The standard InChI is InChI=1S/C25H19BrN2O4S2/c1-31-21-12-16(10-11-20(21)32-15-23(29)27-18-7-3-2-4-8-18)13-22-24(30)28(25(33)34-22)19-9-5-6-17(26)14-19/h2-14H,15H2,1H3,(H,27,29). The number of ether oxygens (including phenoxy) is 2. The third kappa shape index (κ3) is 5.67. The average Bonchev–Trinajstić information content (AvgIpc) is 3.11. The van der Waals surface area contributed by atoms with Crippen molar-refractivity contribution in [2.75, 3.05) is 23.9 Å². The quantitative estimate of drug-likeness (QED) is 0.290. The lowest BCUT2D eigenvalue weighted by atomic mass is 10.2. The van der Waals surface area contributed by atoms with Crippen LogP contribution in [-0.4, -0.2) is 29.9 Å². The van der Waals surface area contributed by atoms with Crippen molar-refractivity contribution in [2.24, 2.45) is 0 Å². The van der Waals surface area contributed by atoms with Gasteiger partial charge in [-0.25, -0.2) is 0 Å². The van der Waals surface area contributed by atoms with Gasteiger partial charge in [0.15, 0.2) is 22.4 Å². The van der Waals surface area contributed by atoms with Crippen molar-refractivity contribution < 1.29 is 19.1 Å². The van der Waals surface area contributed by atoms with Gasteiger partial charge in [-0.1, -0.05) is 70.2 Å². The monoisotopic (exact) mass is 554 g/mol. The first kappa shape index (κ1) is 24.0. The molecule has 1 heterocycles. The molecule has 0 bridgehead atoms. The summed E-state index contributed by atoms with van der Waals surface area (Å²) in [4.78, 5) is 27.2. The van der Waals surface area contributed by atoms with Crippen molar-refractivity contribution in [1.29, 1.82) is 0 Å². The molecular weight excluding hydrogens is 536 g/mol. The number of amides is 2. The summed E-state index contributed by atoms with van der Waals surface area (Å²) in [6.07, 6.45) is 1.76. The molecule has 4 rings (SSSR count). The Morgan fingerprint density at radius 1 is 1.09 bits per heavy atom. The van der Waals surface area contributed by atoms with Crippen molar-refractivity contribution in [2.45, 2.75) is 0 Å². The second-order valence-corrected chi connectivity index (χ2v) is 9.70. The van der Waals surface area contributed by atoms with Gasteiger partial charge in [0.25, 0.3) is 11.8 Å². The third-order valence-electron chi connectivity index (χ3n) is 4.76. The number of benzene rings is 3. The van der Waals surface area contributed by atoms with E-state index in [0.717, 1.165) is 10.0 Å². The number of hydrogen-bond acceptors (Lipinski definition) is 6. The molecule has 0 saturated carbocycles. The van der Waals surface area contributed by atoms with Crippen LogP contribution in [0.15, 0.2) is 82.2 Å². The second kappa shape index (κ2) is 10.9. The Labute approximate surface area is 215 Å². The normalized spacial score (nSPS) is 14.4. The van der Waals surface area contributed by atoms with E-state index in [-0.39, 0.29) is 18.4 Å². The highest BCUT2D eigenvalue weighted by Gasteiger charge is 2.33. The van der Waals surface area contributed by atoms with E-state index in [4.69, 9.17) is 21.7 Å². The van der Waals surface area contributed by atoms with E-state index in [1.807, 2.05) is 42.5 Å². The van der Waals surface area contributed by atoms with Crippen molar-refractivity contribution in [1.82, 2.24) is 0 Å². The van der Waals surface area contributed by atoms with Crippen LogP contribution in [0, 0.1) is 0 Å². The summed E-state index contributed by atoms with van der Waals surface area (Å²) in [6, 6.07) is 21.8. The van der Waals surface area contributed by atoms with Crippen LogP contribution in [0.2, 0.25) is 0 Å². The predicted octanol–water partition coefficient (Wildman–Crippen LogP) is 5.88. The molecule has 3 aromatic rings. The Balaban J connectivity index is 1.46. The lowest BCUT2D eigenvalue weighted by Gasteiger charge is -2.14. The molecule has 9 heteroatoms. The fraction of sp³-hybridized carbons (Fsp3) is 0.0800. The highest BCUT2D eigenvalue weighted by Crippen LogP contribution is 2.37. The number of rotatable bonds is 7. The zero-order valence-electron chi connectivity index (χ0n) is 18.0. The van der Waals surface area contributed by atoms with Crippen molar-refractivity contribution >= 4 is 73.5 Å². The van der Waals surface area contributed by atoms with Gasteiger partial charge in [-0.3, -0.25) is 14.5 Å². The number of thiocarbonyl (C=S) groups is 1. The molecule has 0 unspecified atom stereocenters. The maximum Gasteiger partial charge on any atom is 0.270 e. The van der Waals surface area contributed by atoms with E-state index in [0.29, 0.717) is 32.1 Å². The summed E-state index contributed by atoms with van der Waals surface area (Å²) in [5, 5.41) is 2.77. The van der Waals surface area contributed by atoms with Gasteiger partial charge in [0.2, 0.25) is 0 Å². The fourth-order valence-corrected chi connectivity index (χ4v) is 4.90. The molecule has 3 aromatic carbocycles. The third-order valence-corrected chi connectivity index (χ3v) is 6.56. The topological polar surface area (TPSA) is 67.9 Å². The Morgan fingerprint density at radius 3 is 2.62 bits per heavy atom. The molecule has 172 valence electrons. The number of nitrogens with zero attached hydrogens (tertiary/aromatic N) is 1. The van der Waals surface area contributed by atoms with Gasteiger partial charge in [-0.05, 0) is 54.1 Å². The molecular formula is C25H19BrN2O4S2. The summed E-state index contributed by atoms with van der Waals surface area (Å²) in [5.74, 6) is 0.395. The molecule has 1 saturated heterocycles. The number of methoxy groups -OCH3 is 1. The van der Waals surface area contributed by atoms with Gasteiger partial charge in [-0.15, -0.1) is 0 Å². The summed E-state index contributed by atoms with van der Waals surface area (Å²) in [7, 11) is 1.52. The van der Waals surface area contributed by atoms with Gasteiger partial charge >= 0.3 is 0 Å². The molecule has 1 fully saturated rings. The van der Waals surface area contributed by atoms with Crippen LogP contribution < -0.4 is 19.7 Å². The Morgan fingerprint density at radius 2 is 1.88 bits per heavy atom. The first-order valence-electron chi connectivity index (χ1n) is 10.1. The lowest BCUT2D eigenvalue weighted by molar-refractivity contribution is -0.118. The van der Waals surface area contributed by atoms with Crippen LogP contribution in [0.1, 0.15) is 5.56 Å². The maximum absolute atomic E-state index is 13.0. The summed E-state index contributed by atoms with van der Waals surface area (Å²) >= 11 is 10.1. The van der Waals surface area contributed by atoms with Crippen molar-refractivity contribution in [3.63, 3.8) is 0 Å². The van der Waals surface area contributed by atoms with Gasteiger partial charge in [-0.2, -0.15) is 0 Å². The molecule has 34 heavy (non-hydrogen) atoms. The van der Waals surface area contributed by atoms with E-state index in [1.165, 1.54) is 23.8 Å². The number of thioether (sulfide) groups is 1. The first-order chi connectivity index (χ1) is 16.4. The molecule has 1 N–H and O–H groups in total. The molecule has 0 atom stereocenters. The number of carbonyl (C=O) groups is 2. The molecule has 0 spiro atoms. The number of para-hydroxylation sites is 1. The van der Waals surface area contributed by atoms with Gasteiger partial charge in [0, 0.05) is 10.2 Å². The van der Waals surface area contributed by atoms with E-state index in [1.54, 1.807) is 36.4 Å². The lowest BCUT2D eigenvalue weighted by Crippen LogP contribution is -2.27. The average molecular weight is 555 g/mol. The molecule has 1 aliphatic heterocycles. The minimum atomic E-state index is -0.284. The molecule has 0 aliphatic carbocycles. The molecule has 1 aliphatic rings. The Bertz CT molecular complexity index is 1280. The van der Waals surface area contributed by atoms with Crippen molar-refractivity contribution in [3.05, 3.63) is 87.7 Å². The van der Waals surface area contributed by atoms with E-state index >= 15 is 0 Å². The van der Waals surface area contributed by atoms with Gasteiger partial charge in [0.05, 0.1) is 17.7 Å². The Kier molecular flexibility index (Phi) is 7.66. The molecule has 2 amide bonds. The largest absolute Gasteiger partial charge is 0.493 e. The van der Waals surface area contributed by atoms with Crippen LogP contribution in [-0.2, 0) is 9.59 Å². The fourth-order valence-electron chi connectivity index (χ4n) is 3.21. The minimum Gasteiger partial charge on any atom is -0.493 e. The van der Waals surface area contributed by atoms with Crippen LogP contribution in [0.25, 0.3) is 6.08 Å². The number of hydrogen-bond donors (Lipinski definition) is 1. The molecule has 0 radical (unpaired) electrons. The van der Waals surface area contributed by atoms with E-state index in [2.05, 4.69) is 21.2 Å². The van der Waals surface area contributed by atoms with Crippen LogP contribution in [0.5, 0.6) is 11.5 Å². The number of anilines is 2. The van der Waals surface area contributed by atoms with Crippen molar-refractivity contribution in [3.8, 4) is 11.5 Å². The molecule has 6 nitrogen and oxygen atoms in total. The number of halogens is 1. The minimum absolute atomic E-state index is 0.171. The van der Waals surface area contributed by atoms with E-state index < -0.39 is 0 Å².